The van der Waals surface area contributed by atoms with Crippen molar-refractivity contribution in [3.8, 4) is 11.4 Å². The summed E-state index contributed by atoms with van der Waals surface area (Å²) in [6.45, 7) is 1.82. The number of carbonyl (C=O) groups is 1. The number of aliphatic imine (C=N–C) groups is 1. The molecule has 2 heterocycles. The van der Waals surface area contributed by atoms with E-state index in [1.165, 1.54) is 0 Å². The third-order valence-electron chi connectivity index (χ3n) is 4.38. The van der Waals surface area contributed by atoms with Crippen LogP contribution in [0.2, 0.25) is 0 Å². The molecule has 8 heteroatoms. The Labute approximate surface area is 155 Å². The summed E-state index contributed by atoms with van der Waals surface area (Å²) >= 11 is 0. The molecule has 27 heavy (non-hydrogen) atoms. The van der Waals surface area contributed by atoms with E-state index in [0.717, 1.165) is 22.6 Å². The van der Waals surface area contributed by atoms with Crippen LogP contribution in [0.5, 0.6) is 5.75 Å². The monoisotopic (exact) mass is 363 g/mol. The Bertz CT molecular complexity index is 1040. The highest BCUT2D eigenvalue weighted by Gasteiger charge is 2.28. The average molecular weight is 363 g/mol. The van der Waals surface area contributed by atoms with Gasteiger partial charge in [0.25, 0.3) is 0 Å². The fourth-order valence-corrected chi connectivity index (χ4v) is 3.17. The number of fused-ring (bicyclic) bond motifs is 3. The Morgan fingerprint density at radius 1 is 1.15 bits per heavy atom. The number of carboxylic acid groups (broad SMARTS) is 1. The van der Waals surface area contributed by atoms with Crippen LogP contribution in [0.25, 0.3) is 5.69 Å². The maximum Gasteiger partial charge on any atom is 0.406 e. The first-order valence-electron chi connectivity index (χ1n) is 8.32. The molecule has 0 aliphatic carbocycles. The molecule has 1 unspecified atom stereocenters. The zero-order valence-corrected chi connectivity index (χ0v) is 14.7. The van der Waals surface area contributed by atoms with Crippen LogP contribution in [0.3, 0.4) is 0 Å². The lowest BCUT2D eigenvalue weighted by atomic mass is 10.0. The molecule has 0 fully saturated rings. The number of rotatable bonds is 3. The molecule has 1 amide bonds. The van der Waals surface area contributed by atoms with Crippen LogP contribution in [-0.2, 0) is 0 Å². The van der Waals surface area contributed by atoms with Gasteiger partial charge in [-0.15, -0.1) is 10.2 Å². The third-order valence-corrected chi connectivity index (χ3v) is 4.38. The largest absolute Gasteiger partial charge is 0.497 e. The summed E-state index contributed by atoms with van der Waals surface area (Å²) in [7, 11) is 1.61. The predicted molar refractivity (Wildman–Crippen MR) is 98.6 cm³/mol. The van der Waals surface area contributed by atoms with E-state index in [0.29, 0.717) is 17.4 Å². The standard InChI is InChI=1S/C19H17N5O3/c1-11-22-23-18-17(21-19(25)26)20-16(12-7-9-13(27-2)10-8-12)14-5-3-4-6-15(14)24(11)18/h3-10,17,21H,1-2H3,(H,25,26). The molecule has 0 saturated heterocycles. The van der Waals surface area contributed by atoms with E-state index in [4.69, 9.17) is 9.73 Å². The number of aromatic nitrogens is 3. The van der Waals surface area contributed by atoms with E-state index in [-0.39, 0.29) is 0 Å². The van der Waals surface area contributed by atoms with Crippen molar-refractivity contribution in [2.24, 2.45) is 4.99 Å². The van der Waals surface area contributed by atoms with Gasteiger partial charge in [0.05, 0.1) is 18.5 Å². The molecule has 4 rings (SSSR count). The average Bonchev–Trinajstić information content (AvgIpc) is 3.00. The zero-order chi connectivity index (χ0) is 19.0. The smallest absolute Gasteiger partial charge is 0.406 e. The van der Waals surface area contributed by atoms with Crippen LogP contribution in [0.4, 0.5) is 4.79 Å². The maximum absolute atomic E-state index is 11.3. The van der Waals surface area contributed by atoms with Crippen LogP contribution in [0.15, 0.2) is 53.5 Å². The summed E-state index contributed by atoms with van der Waals surface area (Å²) < 4.78 is 7.06. The molecular weight excluding hydrogens is 346 g/mol. The van der Waals surface area contributed by atoms with Crippen LogP contribution in [0, 0.1) is 6.92 Å². The fraction of sp³-hybridized carbons (Fsp3) is 0.158. The molecule has 3 aromatic rings. The molecule has 2 aromatic carbocycles. The molecule has 1 aromatic heterocycles. The third kappa shape index (κ3) is 2.91. The van der Waals surface area contributed by atoms with Crippen molar-refractivity contribution in [2.45, 2.75) is 13.1 Å². The summed E-state index contributed by atoms with van der Waals surface area (Å²) in [6, 6.07) is 15.2. The molecule has 1 atom stereocenters. The Hall–Kier alpha value is -3.68. The number of ether oxygens (including phenoxy) is 1. The molecule has 136 valence electrons. The zero-order valence-electron chi connectivity index (χ0n) is 14.7. The molecule has 8 nitrogen and oxygen atoms in total. The van der Waals surface area contributed by atoms with Gasteiger partial charge in [-0.2, -0.15) is 0 Å². The second kappa shape index (κ2) is 6.56. The van der Waals surface area contributed by atoms with E-state index in [2.05, 4.69) is 15.5 Å². The summed E-state index contributed by atoms with van der Waals surface area (Å²) in [5.41, 5.74) is 3.22. The van der Waals surface area contributed by atoms with E-state index < -0.39 is 12.3 Å². The van der Waals surface area contributed by atoms with E-state index in [9.17, 15) is 9.90 Å². The predicted octanol–water partition coefficient (Wildman–Crippen LogP) is 2.70. The quantitative estimate of drug-likeness (QED) is 0.745. The summed E-state index contributed by atoms with van der Waals surface area (Å²) in [4.78, 5) is 16.0. The van der Waals surface area contributed by atoms with Gasteiger partial charge in [0, 0.05) is 11.1 Å². The summed E-state index contributed by atoms with van der Waals surface area (Å²) in [5, 5.41) is 20.0. The molecule has 1 aliphatic rings. The summed E-state index contributed by atoms with van der Waals surface area (Å²) in [5.74, 6) is 1.81. The van der Waals surface area contributed by atoms with Gasteiger partial charge in [0.15, 0.2) is 12.0 Å². The highest BCUT2D eigenvalue weighted by Crippen LogP contribution is 2.30. The molecule has 0 spiro atoms. The Morgan fingerprint density at radius 3 is 2.59 bits per heavy atom. The number of nitrogens with one attached hydrogen (secondary N) is 1. The van der Waals surface area contributed by atoms with Gasteiger partial charge in [-0.25, -0.2) is 4.79 Å². The Balaban J connectivity index is 1.96. The normalized spacial score (nSPS) is 15.2. The lowest BCUT2D eigenvalue weighted by Crippen LogP contribution is -2.27. The second-order valence-electron chi connectivity index (χ2n) is 6.02. The van der Waals surface area contributed by atoms with Crippen molar-refractivity contribution in [1.29, 1.82) is 0 Å². The van der Waals surface area contributed by atoms with Crippen LogP contribution in [-0.4, -0.2) is 38.8 Å². The van der Waals surface area contributed by atoms with Crippen LogP contribution >= 0.6 is 0 Å². The van der Waals surface area contributed by atoms with Crippen molar-refractivity contribution >= 4 is 11.8 Å². The van der Waals surface area contributed by atoms with Crippen molar-refractivity contribution in [2.75, 3.05) is 7.11 Å². The van der Waals surface area contributed by atoms with Crippen molar-refractivity contribution in [3.05, 3.63) is 71.3 Å². The minimum Gasteiger partial charge on any atom is -0.497 e. The first-order valence-corrected chi connectivity index (χ1v) is 8.32. The first-order chi connectivity index (χ1) is 13.1. The second-order valence-corrected chi connectivity index (χ2v) is 6.02. The lowest BCUT2D eigenvalue weighted by Gasteiger charge is -2.12. The topological polar surface area (TPSA) is 102 Å². The van der Waals surface area contributed by atoms with Crippen LogP contribution in [0.1, 0.15) is 28.9 Å². The Kier molecular flexibility index (Phi) is 4.08. The highest BCUT2D eigenvalue weighted by molar-refractivity contribution is 6.15. The maximum atomic E-state index is 11.3. The van der Waals surface area contributed by atoms with Crippen molar-refractivity contribution < 1.29 is 14.6 Å². The number of hydrogen-bond donors (Lipinski definition) is 2. The SMILES string of the molecule is COc1ccc(C2=NC(NC(=O)O)c3nnc(C)n3-c3ccccc32)cc1. The van der Waals surface area contributed by atoms with Gasteiger partial charge in [0.2, 0.25) is 0 Å². The Morgan fingerprint density at radius 2 is 1.89 bits per heavy atom. The first kappa shape index (κ1) is 16.8. The van der Waals surface area contributed by atoms with Crippen molar-refractivity contribution in [1.82, 2.24) is 20.1 Å². The van der Waals surface area contributed by atoms with E-state index in [1.54, 1.807) is 7.11 Å². The minimum atomic E-state index is -1.18. The molecule has 0 radical (unpaired) electrons. The van der Waals surface area contributed by atoms with Gasteiger partial charge in [-0.3, -0.25) is 14.9 Å². The van der Waals surface area contributed by atoms with Gasteiger partial charge < -0.3 is 9.84 Å². The fourth-order valence-electron chi connectivity index (χ4n) is 3.17. The van der Waals surface area contributed by atoms with E-state index >= 15 is 0 Å². The molecule has 0 bridgehead atoms. The number of amides is 1. The van der Waals surface area contributed by atoms with Crippen LogP contribution < -0.4 is 10.1 Å². The van der Waals surface area contributed by atoms with Gasteiger partial charge in [0.1, 0.15) is 11.6 Å². The van der Waals surface area contributed by atoms with E-state index in [1.807, 2.05) is 60.0 Å². The van der Waals surface area contributed by atoms with Gasteiger partial charge in [-0.1, -0.05) is 18.2 Å². The number of methoxy groups -OCH3 is 1. The number of aryl methyl sites for hydroxylation is 1. The number of benzene rings is 2. The molecular formula is C19H17N5O3. The highest BCUT2D eigenvalue weighted by atomic mass is 16.5. The molecule has 0 saturated carbocycles. The van der Waals surface area contributed by atoms with Gasteiger partial charge in [-0.05, 0) is 37.3 Å². The minimum absolute atomic E-state index is 0.422. The van der Waals surface area contributed by atoms with Gasteiger partial charge >= 0.3 is 6.09 Å². The number of hydrogen-bond acceptors (Lipinski definition) is 5. The molecule has 1 aliphatic heterocycles. The van der Waals surface area contributed by atoms with Crippen molar-refractivity contribution in [3.63, 3.8) is 0 Å². The molecule has 2 N–H and O–H groups in total. The lowest BCUT2D eigenvalue weighted by molar-refractivity contribution is 0.189. The number of nitrogens with zero attached hydrogens (tertiary/aromatic N) is 4. The number of para-hydroxylation sites is 1. The summed E-state index contributed by atoms with van der Waals surface area (Å²) in [6.07, 6.45) is -2.07.